The topological polar surface area (TPSA) is 56.2 Å². The molecule has 2 aromatic carbocycles. The number of hydrogen-bond acceptors (Lipinski definition) is 7. The van der Waals surface area contributed by atoms with Gasteiger partial charge in [0.2, 0.25) is 5.75 Å². The summed E-state index contributed by atoms with van der Waals surface area (Å²) in [5, 5.41) is 0.604. The number of nitrogens with zero attached hydrogens (tertiary/aromatic N) is 3. The van der Waals surface area contributed by atoms with Crippen molar-refractivity contribution in [1.29, 1.82) is 0 Å². The van der Waals surface area contributed by atoms with Gasteiger partial charge in [0, 0.05) is 45.8 Å². The van der Waals surface area contributed by atoms with E-state index in [0.29, 0.717) is 29.2 Å². The van der Waals surface area contributed by atoms with Crippen LogP contribution in [0.2, 0.25) is 0 Å². The predicted molar refractivity (Wildman–Crippen MR) is 124 cm³/mol. The van der Waals surface area contributed by atoms with Gasteiger partial charge in [0.25, 0.3) is 5.56 Å². The van der Waals surface area contributed by atoms with Crippen molar-refractivity contribution >= 4 is 21.6 Å². The molecule has 4 rings (SSSR count). The van der Waals surface area contributed by atoms with Crippen LogP contribution in [0.3, 0.4) is 0 Å². The van der Waals surface area contributed by atoms with Gasteiger partial charge in [-0.05, 0) is 11.6 Å². The molecular formula is C23H29N3O4S. The fraction of sp³-hybridized carbons (Fsp3) is 0.435. The number of hydrogen-bond donors (Lipinski definition) is 0. The van der Waals surface area contributed by atoms with Crippen LogP contribution >= 0.6 is 11.5 Å². The van der Waals surface area contributed by atoms with E-state index in [1.165, 1.54) is 17.1 Å². The maximum Gasteiger partial charge on any atom is 0.268 e. The Morgan fingerprint density at radius 1 is 0.871 bits per heavy atom. The molecule has 1 saturated heterocycles. The van der Waals surface area contributed by atoms with E-state index >= 15 is 0 Å². The molecule has 0 unspecified atom stereocenters. The van der Waals surface area contributed by atoms with E-state index in [1.807, 2.05) is 3.96 Å². The Kier molecular flexibility index (Phi) is 6.80. The Morgan fingerprint density at radius 3 is 2.19 bits per heavy atom. The minimum atomic E-state index is -0.0121. The van der Waals surface area contributed by atoms with Gasteiger partial charge in [-0.15, -0.1) is 0 Å². The van der Waals surface area contributed by atoms with Crippen molar-refractivity contribution in [3.8, 4) is 17.2 Å². The van der Waals surface area contributed by atoms with E-state index in [4.69, 9.17) is 14.2 Å². The van der Waals surface area contributed by atoms with Gasteiger partial charge in [-0.25, -0.2) is 0 Å². The van der Waals surface area contributed by atoms with E-state index in [2.05, 4.69) is 40.1 Å². The highest BCUT2D eigenvalue weighted by Gasteiger charge is 2.22. The van der Waals surface area contributed by atoms with Gasteiger partial charge in [-0.2, -0.15) is 0 Å². The fourth-order valence-electron chi connectivity index (χ4n) is 4.06. The summed E-state index contributed by atoms with van der Waals surface area (Å²) in [6.45, 7) is 6.60. The summed E-state index contributed by atoms with van der Waals surface area (Å²) in [6, 6.07) is 12.3. The van der Waals surface area contributed by atoms with E-state index in [9.17, 15) is 4.79 Å². The van der Waals surface area contributed by atoms with Crippen LogP contribution in [0.5, 0.6) is 17.2 Å². The SMILES string of the molecule is COc1cc2c(=O)n(CCN3CCN(Cc4ccccc4)CC3)sc2c(OC)c1OC. The fourth-order valence-corrected chi connectivity index (χ4v) is 5.14. The first-order chi connectivity index (χ1) is 15.1. The van der Waals surface area contributed by atoms with E-state index < -0.39 is 0 Å². The van der Waals surface area contributed by atoms with Crippen LogP contribution in [-0.4, -0.2) is 67.8 Å². The highest BCUT2D eigenvalue weighted by molar-refractivity contribution is 7.14. The largest absolute Gasteiger partial charge is 0.493 e. The second-order valence-corrected chi connectivity index (χ2v) is 8.66. The van der Waals surface area contributed by atoms with Crippen molar-refractivity contribution in [3.05, 3.63) is 52.3 Å². The third-order valence-corrected chi connectivity index (χ3v) is 6.93. The Balaban J connectivity index is 1.42. The van der Waals surface area contributed by atoms with Gasteiger partial charge in [0.1, 0.15) is 4.70 Å². The molecule has 2 heterocycles. The predicted octanol–water partition coefficient (Wildman–Crippen LogP) is 2.91. The molecule has 1 aliphatic heterocycles. The summed E-state index contributed by atoms with van der Waals surface area (Å²) in [6.07, 6.45) is 0. The number of methoxy groups -OCH3 is 3. The van der Waals surface area contributed by atoms with E-state index in [1.54, 1.807) is 27.4 Å². The Bertz CT molecular complexity index is 1070. The van der Waals surface area contributed by atoms with Crippen molar-refractivity contribution in [2.75, 3.05) is 54.1 Å². The van der Waals surface area contributed by atoms with Crippen molar-refractivity contribution in [3.63, 3.8) is 0 Å². The van der Waals surface area contributed by atoms with Gasteiger partial charge < -0.3 is 14.2 Å². The molecule has 166 valence electrons. The Labute approximate surface area is 186 Å². The molecule has 0 bridgehead atoms. The van der Waals surface area contributed by atoms with Crippen LogP contribution in [0, 0.1) is 0 Å². The van der Waals surface area contributed by atoms with Gasteiger partial charge in [-0.1, -0.05) is 41.9 Å². The number of aromatic nitrogens is 1. The van der Waals surface area contributed by atoms with Gasteiger partial charge in [-0.3, -0.25) is 18.6 Å². The molecule has 0 radical (unpaired) electrons. The molecule has 1 fully saturated rings. The minimum absolute atomic E-state index is 0.0121. The second kappa shape index (κ2) is 9.72. The molecule has 0 saturated carbocycles. The van der Waals surface area contributed by atoms with Gasteiger partial charge in [0.05, 0.1) is 26.7 Å². The number of benzene rings is 2. The number of fused-ring (bicyclic) bond motifs is 1. The van der Waals surface area contributed by atoms with E-state index in [-0.39, 0.29) is 5.56 Å². The van der Waals surface area contributed by atoms with Crippen LogP contribution in [0.4, 0.5) is 0 Å². The van der Waals surface area contributed by atoms with Crippen molar-refractivity contribution in [2.45, 2.75) is 13.1 Å². The zero-order chi connectivity index (χ0) is 21.8. The standard InChI is InChI=1S/C23H29N3O4S/c1-28-19-15-18-22(21(30-3)20(19)29-2)31-26(23(18)27)14-13-24-9-11-25(12-10-24)16-17-7-5-4-6-8-17/h4-8,15H,9-14,16H2,1-3H3. The third kappa shape index (κ3) is 4.56. The Morgan fingerprint density at radius 2 is 1.55 bits per heavy atom. The second-order valence-electron chi connectivity index (χ2n) is 7.62. The normalized spacial score (nSPS) is 15.3. The van der Waals surface area contributed by atoms with Gasteiger partial charge >= 0.3 is 0 Å². The van der Waals surface area contributed by atoms with E-state index in [0.717, 1.165) is 44.0 Å². The number of rotatable bonds is 8. The summed E-state index contributed by atoms with van der Waals surface area (Å²) in [4.78, 5) is 17.9. The molecule has 0 N–H and O–H groups in total. The zero-order valence-corrected chi connectivity index (χ0v) is 19.1. The summed E-state index contributed by atoms with van der Waals surface area (Å²) in [5.74, 6) is 1.57. The van der Waals surface area contributed by atoms with Crippen LogP contribution in [-0.2, 0) is 13.1 Å². The van der Waals surface area contributed by atoms with Gasteiger partial charge in [0.15, 0.2) is 11.5 Å². The minimum Gasteiger partial charge on any atom is -0.493 e. The van der Waals surface area contributed by atoms with Crippen LogP contribution in [0.15, 0.2) is 41.2 Å². The summed E-state index contributed by atoms with van der Waals surface area (Å²) >= 11 is 1.42. The highest BCUT2D eigenvalue weighted by atomic mass is 32.1. The maximum absolute atomic E-state index is 13.0. The molecule has 0 spiro atoms. The zero-order valence-electron chi connectivity index (χ0n) is 18.3. The van der Waals surface area contributed by atoms with Crippen LogP contribution in [0.25, 0.3) is 10.1 Å². The summed E-state index contributed by atoms with van der Waals surface area (Å²) in [5.41, 5.74) is 1.34. The smallest absolute Gasteiger partial charge is 0.268 e. The van der Waals surface area contributed by atoms with Crippen LogP contribution < -0.4 is 19.8 Å². The quantitative estimate of drug-likeness (QED) is 0.534. The molecule has 0 amide bonds. The molecule has 8 heteroatoms. The summed E-state index contributed by atoms with van der Waals surface area (Å²) < 4.78 is 19.0. The van der Waals surface area contributed by atoms with Crippen molar-refractivity contribution in [1.82, 2.24) is 13.8 Å². The molecule has 7 nitrogen and oxygen atoms in total. The summed E-state index contributed by atoms with van der Waals surface area (Å²) in [7, 11) is 4.72. The first kappa shape index (κ1) is 21.7. The van der Waals surface area contributed by atoms with Crippen LogP contribution in [0.1, 0.15) is 5.56 Å². The monoisotopic (exact) mass is 443 g/mol. The maximum atomic E-state index is 13.0. The molecule has 0 aliphatic carbocycles. The Hall–Kier alpha value is -2.55. The number of ether oxygens (including phenoxy) is 3. The number of piperazine rings is 1. The highest BCUT2D eigenvalue weighted by Crippen LogP contribution is 2.44. The molecular weight excluding hydrogens is 414 g/mol. The average molecular weight is 444 g/mol. The van der Waals surface area contributed by atoms with Crippen molar-refractivity contribution < 1.29 is 14.2 Å². The lowest BCUT2D eigenvalue weighted by Crippen LogP contribution is -2.46. The molecule has 3 aromatic rings. The lowest BCUT2D eigenvalue weighted by atomic mass is 10.2. The lowest BCUT2D eigenvalue weighted by molar-refractivity contribution is 0.124. The molecule has 1 aromatic heterocycles. The lowest BCUT2D eigenvalue weighted by Gasteiger charge is -2.34. The molecule has 0 atom stereocenters. The molecule has 1 aliphatic rings. The van der Waals surface area contributed by atoms with Crippen molar-refractivity contribution in [2.24, 2.45) is 0 Å². The first-order valence-corrected chi connectivity index (χ1v) is 11.2. The third-order valence-electron chi connectivity index (χ3n) is 5.78. The molecule has 31 heavy (non-hydrogen) atoms. The average Bonchev–Trinajstić information content (AvgIpc) is 3.13. The first-order valence-electron chi connectivity index (χ1n) is 10.5.